The maximum absolute atomic E-state index is 12.0. The Balaban J connectivity index is 2.11. The van der Waals surface area contributed by atoms with Gasteiger partial charge in [0.2, 0.25) is 0 Å². The Morgan fingerprint density at radius 3 is 2.41 bits per heavy atom. The number of hydrogen-bond acceptors (Lipinski definition) is 4. The minimum atomic E-state index is -0.463. The highest BCUT2D eigenvalue weighted by molar-refractivity contribution is 14.1. The number of benzene rings is 2. The molecule has 2 aromatic carbocycles. The third-order valence-electron chi connectivity index (χ3n) is 2.94. The molecule has 0 spiro atoms. The lowest BCUT2D eigenvalue weighted by Crippen LogP contribution is -2.20. The number of nitrogens with one attached hydrogen (secondary N) is 1. The van der Waals surface area contributed by atoms with Gasteiger partial charge in [-0.3, -0.25) is 14.9 Å². The molecule has 0 aliphatic heterocycles. The van der Waals surface area contributed by atoms with Crippen LogP contribution in [0.2, 0.25) is 0 Å². The molecular formula is C15H12IN3O3. The molecule has 0 unspecified atom stereocenters. The molecule has 0 bridgehead atoms. The molecule has 0 saturated heterocycles. The van der Waals surface area contributed by atoms with Crippen LogP contribution in [0.25, 0.3) is 0 Å². The number of non-ortho nitro benzene ring substituents is 1. The summed E-state index contributed by atoms with van der Waals surface area (Å²) in [6.45, 7) is 1.72. The Labute approximate surface area is 140 Å². The summed E-state index contributed by atoms with van der Waals surface area (Å²) < 4.78 is 0.834. The van der Waals surface area contributed by atoms with Crippen molar-refractivity contribution < 1.29 is 9.72 Å². The molecule has 2 rings (SSSR count). The molecule has 0 aliphatic carbocycles. The summed E-state index contributed by atoms with van der Waals surface area (Å²) in [7, 11) is 0. The fraction of sp³-hybridized carbons (Fsp3) is 0.0667. The van der Waals surface area contributed by atoms with Crippen LogP contribution >= 0.6 is 22.6 Å². The quantitative estimate of drug-likeness (QED) is 0.364. The molecule has 0 aliphatic rings. The van der Waals surface area contributed by atoms with Crippen LogP contribution in [0.3, 0.4) is 0 Å². The molecule has 0 fully saturated rings. The zero-order valence-electron chi connectivity index (χ0n) is 11.6. The average Bonchev–Trinajstić information content (AvgIpc) is 2.52. The molecule has 0 heterocycles. The highest BCUT2D eigenvalue weighted by atomic mass is 127. The number of nitro groups is 1. The van der Waals surface area contributed by atoms with E-state index in [-0.39, 0.29) is 11.6 Å². The number of hydrogen-bond donors (Lipinski definition) is 1. The minimum Gasteiger partial charge on any atom is -0.267 e. The lowest BCUT2D eigenvalue weighted by atomic mass is 10.1. The van der Waals surface area contributed by atoms with Crippen molar-refractivity contribution >= 4 is 39.9 Å². The van der Waals surface area contributed by atoms with E-state index in [2.05, 4.69) is 33.1 Å². The Bertz CT molecular complexity index is 742. The first-order chi connectivity index (χ1) is 10.5. The number of carbonyl (C=O) groups is 1. The van der Waals surface area contributed by atoms with E-state index >= 15 is 0 Å². The number of nitrogens with zero attached hydrogens (tertiary/aromatic N) is 2. The van der Waals surface area contributed by atoms with Gasteiger partial charge in [0.25, 0.3) is 11.6 Å². The van der Waals surface area contributed by atoms with Crippen LogP contribution in [0.15, 0.2) is 53.6 Å². The molecule has 7 heteroatoms. The largest absolute Gasteiger partial charge is 0.272 e. The van der Waals surface area contributed by atoms with Crippen molar-refractivity contribution in [2.75, 3.05) is 0 Å². The fourth-order valence-corrected chi connectivity index (χ4v) is 2.36. The summed E-state index contributed by atoms with van der Waals surface area (Å²) in [6, 6.07) is 13.2. The molecule has 6 nitrogen and oxygen atoms in total. The number of halogens is 1. The Morgan fingerprint density at radius 1 is 1.18 bits per heavy atom. The lowest BCUT2D eigenvalue weighted by molar-refractivity contribution is -0.384. The highest BCUT2D eigenvalue weighted by Gasteiger charge is 2.09. The van der Waals surface area contributed by atoms with Crippen molar-refractivity contribution in [2.45, 2.75) is 6.92 Å². The molecule has 0 radical (unpaired) electrons. The van der Waals surface area contributed by atoms with Crippen molar-refractivity contribution in [3.05, 3.63) is 73.3 Å². The number of amides is 1. The van der Waals surface area contributed by atoms with Gasteiger partial charge in [-0.25, -0.2) is 5.43 Å². The minimum absolute atomic E-state index is 0.0134. The molecule has 0 atom stereocenters. The molecule has 22 heavy (non-hydrogen) atoms. The maximum atomic E-state index is 12.0. The van der Waals surface area contributed by atoms with Crippen molar-refractivity contribution in [1.29, 1.82) is 0 Å². The van der Waals surface area contributed by atoms with E-state index in [1.54, 1.807) is 31.2 Å². The van der Waals surface area contributed by atoms with Crippen molar-refractivity contribution in [2.24, 2.45) is 5.10 Å². The molecule has 1 amide bonds. The maximum Gasteiger partial charge on any atom is 0.272 e. The first kappa shape index (κ1) is 16.1. The number of hydrazone groups is 1. The van der Waals surface area contributed by atoms with Gasteiger partial charge in [0.1, 0.15) is 0 Å². The first-order valence-corrected chi connectivity index (χ1v) is 7.41. The SMILES string of the molecule is CC(=NNC(=O)c1ccccc1I)c1ccc([N+](=O)[O-])cc1. The van der Waals surface area contributed by atoms with Crippen LogP contribution in [0.1, 0.15) is 22.8 Å². The number of carbonyl (C=O) groups excluding carboxylic acids is 1. The van der Waals surface area contributed by atoms with E-state index in [1.807, 2.05) is 12.1 Å². The second kappa shape index (κ2) is 7.12. The second-order valence-electron chi connectivity index (χ2n) is 4.42. The molecule has 0 aromatic heterocycles. The van der Waals surface area contributed by atoms with E-state index in [0.717, 1.165) is 3.57 Å². The van der Waals surface area contributed by atoms with Gasteiger partial charge in [-0.15, -0.1) is 0 Å². The molecule has 1 N–H and O–H groups in total. The summed E-state index contributed by atoms with van der Waals surface area (Å²) >= 11 is 2.08. The lowest BCUT2D eigenvalue weighted by Gasteiger charge is -2.04. The van der Waals surface area contributed by atoms with Crippen LogP contribution < -0.4 is 5.43 Å². The first-order valence-electron chi connectivity index (χ1n) is 6.33. The zero-order valence-corrected chi connectivity index (χ0v) is 13.8. The molecule has 112 valence electrons. The standard InChI is InChI=1S/C15H12IN3O3/c1-10(11-6-8-12(9-7-11)19(21)22)17-18-15(20)13-4-2-3-5-14(13)16/h2-9H,1H3,(H,18,20). The van der Waals surface area contributed by atoms with E-state index in [9.17, 15) is 14.9 Å². The topological polar surface area (TPSA) is 84.6 Å². The van der Waals surface area contributed by atoms with Crippen molar-refractivity contribution in [3.63, 3.8) is 0 Å². The van der Waals surface area contributed by atoms with Gasteiger partial charge in [-0.2, -0.15) is 5.10 Å². The van der Waals surface area contributed by atoms with Gasteiger partial charge < -0.3 is 0 Å². The van der Waals surface area contributed by atoms with Crippen LogP contribution in [0.4, 0.5) is 5.69 Å². The van der Waals surface area contributed by atoms with Crippen molar-refractivity contribution in [1.82, 2.24) is 5.43 Å². The van der Waals surface area contributed by atoms with E-state index < -0.39 is 4.92 Å². The molecule has 0 saturated carbocycles. The van der Waals surface area contributed by atoms with Gasteiger partial charge in [0.15, 0.2) is 0 Å². The summed E-state index contributed by atoms with van der Waals surface area (Å²) in [6.07, 6.45) is 0. The van der Waals surface area contributed by atoms with Gasteiger partial charge >= 0.3 is 0 Å². The van der Waals surface area contributed by atoms with Gasteiger partial charge in [0, 0.05) is 15.7 Å². The predicted molar refractivity (Wildman–Crippen MR) is 91.9 cm³/mol. The van der Waals surface area contributed by atoms with Gasteiger partial charge in [-0.05, 0) is 59.3 Å². The van der Waals surface area contributed by atoms with Gasteiger partial charge in [0.05, 0.1) is 16.2 Å². The number of nitro benzene ring substituents is 1. The highest BCUT2D eigenvalue weighted by Crippen LogP contribution is 2.13. The number of rotatable bonds is 4. The molecule has 2 aromatic rings. The third kappa shape index (κ3) is 3.88. The smallest absolute Gasteiger partial charge is 0.267 e. The van der Waals surface area contributed by atoms with Crippen LogP contribution in [-0.4, -0.2) is 16.5 Å². The third-order valence-corrected chi connectivity index (χ3v) is 3.88. The van der Waals surface area contributed by atoms with Crippen molar-refractivity contribution in [3.8, 4) is 0 Å². The Kier molecular flexibility index (Phi) is 5.21. The zero-order chi connectivity index (χ0) is 16.1. The second-order valence-corrected chi connectivity index (χ2v) is 5.58. The average molecular weight is 409 g/mol. The summed E-state index contributed by atoms with van der Waals surface area (Å²) in [4.78, 5) is 22.2. The van der Waals surface area contributed by atoms with Crippen LogP contribution in [-0.2, 0) is 0 Å². The monoisotopic (exact) mass is 409 g/mol. The Hall–Kier alpha value is -2.29. The van der Waals surface area contributed by atoms with E-state index in [4.69, 9.17) is 0 Å². The molecular weight excluding hydrogens is 397 g/mol. The predicted octanol–water partition coefficient (Wildman–Crippen LogP) is 3.35. The van der Waals surface area contributed by atoms with Crippen LogP contribution in [0, 0.1) is 13.7 Å². The van der Waals surface area contributed by atoms with Crippen LogP contribution in [0.5, 0.6) is 0 Å². The fourth-order valence-electron chi connectivity index (χ4n) is 1.73. The normalized spacial score (nSPS) is 11.1. The van der Waals surface area contributed by atoms with E-state index in [0.29, 0.717) is 16.8 Å². The Morgan fingerprint density at radius 2 is 1.82 bits per heavy atom. The van der Waals surface area contributed by atoms with E-state index in [1.165, 1.54) is 12.1 Å². The summed E-state index contributed by atoms with van der Waals surface area (Å²) in [5, 5.41) is 14.6. The summed E-state index contributed by atoms with van der Waals surface area (Å²) in [5.41, 5.74) is 4.31. The summed E-state index contributed by atoms with van der Waals surface area (Å²) in [5.74, 6) is -0.300. The van der Waals surface area contributed by atoms with Gasteiger partial charge in [-0.1, -0.05) is 12.1 Å².